The first-order valence-corrected chi connectivity index (χ1v) is 6.10. The second-order valence-electron chi connectivity index (χ2n) is 4.42. The van der Waals surface area contributed by atoms with Crippen LogP contribution >= 0.6 is 0 Å². The standard InChI is InChI=1S/C15H21NO2/c1-6-12(4)16-10-13-7-8-14(18-11(2)3)15(9-13)17-5/h1,7-9,11-12,16H,10H2,2-5H3. The second kappa shape index (κ2) is 6.93. The van der Waals surface area contributed by atoms with E-state index in [2.05, 4.69) is 11.2 Å². The van der Waals surface area contributed by atoms with Gasteiger partial charge in [0.2, 0.25) is 0 Å². The van der Waals surface area contributed by atoms with Gasteiger partial charge in [0.15, 0.2) is 11.5 Å². The molecule has 0 saturated carbocycles. The van der Waals surface area contributed by atoms with E-state index >= 15 is 0 Å². The Morgan fingerprint density at radius 1 is 1.28 bits per heavy atom. The lowest BCUT2D eigenvalue weighted by Crippen LogP contribution is -2.23. The molecule has 0 heterocycles. The van der Waals surface area contributed by atoms with Gasteiger partial charge in [-0.3, -0.25) is 5.32 Å². The SMILES string of the molecule is C#CC(C)NCc1ccc(OC(C)C)c(OC)c1. The summed E-state index contributed by atoms with van der Waals surface area (Å²) >= 11 is 0. The molecule has 3 heteroatoms. The third-order valence-corrected chi connectivity index (χ3v) is 2.45. The fraction of sp³-hybridized carbons (Fsp3) is 0.467. The minimum atomic E-state index is 0.0579. The van der Waals surface area contributed by atoms with Gasteiger partial charge in [0.25, 0.3) is 0 Å². The molecule has 3 nitrogen and oxygen atoms in total. The summed E-state index contributed by atoms with van der Waals surface area (Å²) in [6.45, 7) is 6.64. The zero-order valence-electron chi connectivity index (χ0n) is 11.5. The first-order valence-electron chi connectivity index (χ1n) is 6.10. The molecular weight excluding hydrogens is 226 g/mol. The topological polar surface area (TPSA) is 30.5 Å². The minimum Gasteiger partial charge on any atom is -0.493 e. The summed E-state index contributed by atoms with van der Waals surface area (Å²) in [6.07, 6.45) is 5.44. The molecule has 0 bridgehead atoms. The molecule has 1 aromatic rings. The van der Waals surface area contributed by atoms with Crippen molar-refractivity contribution in [1.82, 2.24) is 5.32 Å². The van der Waals surface area contributed by atoms with Gasteiger partial charge >= 0.3 is 0 Å². The number of methoxy groups -OCH3 is 1. The van der Waals surface area contributed by atoms with Gasteiger partial charge < -0.3 is 9.47 Å². The maximum absolute atomic E-state index is 5.66. The van der Waals surface area contributed by atoms with Crippen LogP contribution < -0.4 is 14.8 Å². The van der Waals surface area contributed by atoms with Gasteiger partial charge in [0.05, 0.1) is 19.3 Å². The normalized spacial score (nSPS) is 12.0. The van der Waals surface area contributed by atoms with Crippen LogP contribution in [-0.2, 0) is 6.54 Å². The van der Waals surface area contributed by atoms with Crippen molar-refractivity contribution in [3.63, 3.8) is 0 Å². The summed E-state index contributed by atoms with van der Waals surface area (Å²) in [6, 6.07) is 5.96. The fourth-order valence-corrected chi connectivity index (χ4v) is 1.50. The van der Waals surface area contributed by atoms with E-state index in [1.807, 2.05) is 39.0 Å². The number of rotatable bonds is 6. The predicted molar refractivity (Wildman–Crippen MR) is 73.9 cm³/mol. The Morgan fingerprint density at radius 3 is 2.56 bits per heavy atom. The minimum absolute atomic E-state index is 0.0579. The van der Waals surface area contributed by atoms with Crippen molar-refractivity contribution in [1.29, 1.82) is 0 Å². The number of terminal acetylenes is 1. The zero-order chi connectivity index (χ0) is 13.5. The highest BCUT2D eigenvalue weighted by Crippen LogP contribution is 2.28. The molecule has 18 heavy (non-hydrogen) atoms. The third-order valence-electron chi connectivity index (χ3n) is 2.45. The smallest absolute Gasteiger partial charge is 0.161 e. The van der Waals surface area contributed by atoms with E-state index in [-0.39, 0.29) is 12.1 Å². The van der Waals surface area contributed by atoms with Gasteiger partial charge in [-0.25, -0.2) is 0 Å². The van der Waals surface area contributed by atoms with E-state index in [4.69, 9.17) is 15.9 Å². The Labute approximate surface area is 109 Å². The lowest BCUT2D eigenvalue weighted by atomic mass is 10.2. The molecule has 0 aromatic heterocycles. The van der Waals surface area contributed by atoms with Crippen LogP contribution in [0.4, 0.5) is 0 Å². The summed E-state index contributed by atoms with van der Waals surface area (Å²) in [5, 5.41) is 3.23. The Balaban J connectivity index is 2.76. The van der Waals surface area contributed by atoms with Gasteiger partial charge in [-0.05, 0) is 38.5 Å². The maximum atomic E-state index is 5.66. The van der Waals surface area contributed by atoms with Crippen LogP contribution in [0.1, 0.15) is 26.3 Å². The van der Waals surface area contributed by atoms with E-state index in [1.54, 1.807) is 7.11 Å². The average Bonchev–Trinajstić information content (AvgIpc) is 2.36. The lowest BCUT2D eigenvalue weighted by Gasteiger charge is -2.15. The van der Waals surface area contributed by atoms with Crippen LogP contribution in [0.2, 0.25) is 0 Å². The van der Waals surface area contributed by atoms with Crippen LogP contribution in [0.3, 0.4) is 0 Å². The van der Waals surface area contributed by atoms with E-state index < -0.39 is 0 Å². The van der Waals surface area contributed by atoms with Crippen molar-refractivity contribution < 1.29 is 9.47 Å². The van der Waals surface area contributed by atoms with E-state index in [0.717, 1.165) is 17.1 Å². The second-order valence-corrected chi connectivity index (χ2v) is 4.42. The van der Waals surface area contributed by atoms with Crippen molar-refractivity contribution in [2.75, 3.05) is 7.11 Å². The Kier molecular flexibility index (Phi) is 5.54. The summed E-state index contributed by atoms with van der Waals surface area (Å²) in [5.41, 5.74) is 1.12. The van der Waals surface area contributed by atoms with Gasteiger partial charge in [0.1, 0.15) is 0 Å². The Hall–Kier alpha value is -1.66. The molecule has 1 atom stereocenters. The first-order chi connectivity index (χ1) is 8.56. The zero-order valence-corrected chi connectivity index (χ0v) is 11.5. The van der Waals surface area contributed by atoms with E-state index in [9.17, 15) is 0 Å². The summed E-state index contributed by atoms with van der Waals surface area (Å²) in [4.78, 5) is 0. The predicted octanol–water partition coefficient (Wildman–Crippen LogP) is 2.59. The molecule has 0 saturated heterocycles. The van der Waals surface area contributed by atoms with Gasteiger partial charge in [0, 0.05) is 6.54 Å². The first kappa shape index (κ1) is 14.4. The van der Waals surface area contributed by atoms with Gasteiger partial charge in [-0.1, -0.05) is 12.0 Å². The molecule has 0 amide bonds. The molecule has 0 aliphatic carbocycles. The molecule has 0 spiro atoms. The summed E-state index contributed by atoms with van der Waals surface area (Å²) < 4.78 is 11.0. The molecular formula is C15H21NO2. The van der Waals surface area contributed by atoms with Crippen LogP contribution in [-0.4, -0.2) is 19.3 Å². The van der Waals surface area contributed by atoms with Crippen LogP contribution in [0.15, 0.2) is 18.2 Å². The third kappa shape index (κ3) is 4.31. The van der Waals surface area contributed by atoms with Gasteiger partial charge in [-0.15, -0.1) is 6.42 Å². The molecule has 0 fully saturated rings. The number of nitrogens with one attached hydrogen (secondary N) is 1. The lowest BCUT2D eigenvalue weighted by molar-refractivity contribution is 0.230. The van der Waals surface area contributed by atoms with E-state index in [0.29, 0.717) is 6.54 Å². The van der Waals surface area contributed by atoms with Crippen molar-refractivity contribution >= 4 is 0 Å². The van der Waals surface area contributed by atoms with Crippen LogP contribution in [0.25, 0.3) is 0 Å². The highest BCUT2D eigenvalue weighted by atomic mass is 16.5. The van der Waals surface area contributed by atoms with Crippen molar-refractivity contribution in [3.8, 4) is 23.8 Å². The van der Waals surface area contributed by atoms with Crippen molar-refractivity contribution in [3.05, 3.63) is 23.8 Å². The number of hydrogen-bond donors (Lipinski definition) is 1. The largest absolute Gasteiger partial charge is 0.493 e. The number of hydrogen-bond acceptors (Lipinski definition) is 3. The van der Waals surface area contributed by atoms with Crippen molar-refractivity contribution in [2.45, 2.75) is 39.5 Å². The fourth-order valence-electron chi connectivity index (χ4n) is 1.50. The molecule has 1 aromatic carbocycles. The maximum Gasteiger partial charge on any atom is 0.161 e. The number of ether oxygens (including phenoxy) is 2. The molecule has 0 radical (unpaired) electrons. The average molecular weight is 247 g/mol. The molecule has 1 unspecified atom stereocenters. The summed E-state index contributed by atoms with van der Waals surface area (Å²) in [7, 11) is 1.64. The van der Waals surface area contributed by atoms with E-state index in [1.165, 1.54) is 0 Å². The molecule has 0 aliphatic heterocycles. The monoisotopic (exact) mass is 247 g/mol. The molecule has 1 N–H and O–H groups in total. The molecule has 98 valence electrons. The highest BCUT2D eigenvalue weighted by Gasteiger charge is 2.07. The number of benzene rings is 1. The molecule has 1 rings (SSSR count). The summed E-state index contributed by atoms with van der Waals surface area (Å²) in [5.74, 6) is 4.15. The van der Waals surface area contributed by atoms with Gasteiger partial charge in [-0.2, -0.15) is 0 Å². The quantitative estimate of drug-likeness (QED) is 0.784. The Bertz CT molecular complexity index is 421. The highest BCUT2D eigenvalue weighted by molar-refractivity contribution is 5.43. The van der Waals surface area contributed by atoms with Crippen LogP contribution in [0, 0.1) is 12.3 Å². The van der Waals surface area contributed by atoms with Crippen LogP contribution in [0.5, 0.6) is 11.5 Å². The molecule has 0 aliphatic rings. The Morgan fingerprint density at radius 2 is 2.00 bits per heavy atom. The van der Waals surface area contributed by atoms with Crippen molar-refractivity contribution in [2.24, 2.45) is 0 Å².